The Morgan fingerprint density at radius 2 is 2.05 bits per heavy atom. The second-order valence-electron chi connectivity index (χ2n) is 5.11. The Balaban J connectivity index is 3.09. The Hall–Kier alpha value is -1.36. The van der Waals surface area contributed by atoms with Crippen molar-refractivity contribution in [2.24, 2.45) is 0 Å². The van der Waals surface area contributed by atoms with Gasteiger partial charge in [-0.3, -0.25) is 0 Å². The normalized spacial score (nSPS) is 10.9. The molecule has 0 spiro atoms. The van der Waals surface area contributed by atoms with Gasteiger partial charge < -0.3 is 15.0 Å². The summed E-state index contributed by atoms with van der Waals surface area (Å²) < 4.78 is 5.19. The van der Waals surface area contributed by atoms with E-state index in [0.29, 0.717) is 12.5 Å². The molecule has 0 aliphatic rings. The molecule has 0 saturated heterocycles. The highest BCUT2D eigenvalue weighted by Crippen LogP contribution is 2.30. The van der Waals surface area contributed by atoms with Gasteiger partial charge in [-0.1, -0.05) is 20.8 Å². The fraction of sp³-hybridized carbons (Fsp3) is 0.733. The zero-order valence-electron chi connectivity index (χ0n) is 13.4. The van der Waals surface area contributed by atoms with Crippen molar-refractivity contribution in [1.29, 1.82) is 0 Å². The number of nitrogens with one attached hydrogen (secondary N) is 1. The third kappa shape index (κ3) is 4.34. The van der Waals surface area contributed by atoms with Crippen LogP contribution in [0, 0.1) is 0 Å². The van der Waals surface area contributed by atoms with Gasteiger partial charge in [-0.2, -0.15) is 0 Å². The van der Waals surface area contributed by atoms with Gasteiger partial charge in [0.15, 0.2) is 0 Å². The van der Waals surface area contributed by atoms with E-state index in [2.05, 4.69) is 47.9 Å². The molecule has 5 heteroatoms. The number of anilines is 2. The van der Waals surface area contributed by atoms with E-state index in [9.17, 15) is 0 Å². The predicted octanol–water partition coefficient (Wildman–Crippen LogP) is 2.89. The highest BCUT2D eigenvalue weighted by atomic mass is 16.5. The van der Waals surface area contributed by atoms with Crippen LogP contribution in [0.2, 0.25) is 0 Å². The summed E-state index contributed by atoms with van der Waals surface area (Å²) in [5.74, 6) is 2.36. The van der Waals surface area contributed by atoms with Crippen LogP contribution in [0.3, 0.4) is 0 Å². The fourth-order valence-corrected chi connectivity index (χ4v) is 2.17. The van der Waals surface area contributed by atoms with Gasteiger partial charge in [0.1, 0.15) is 18.0 Å². The van der Waals surface area contributed by atoms with Crippen LogP contribution in [-0.2, 0) is 4.74 Å². The number of hydrogen-bond acceptors (Lipinski definition) is 5. The quantitative estimate of drug-likeness (QED) is 0.753. The van der Waals surface area contributed by atoms with Gasteiger partial charge in [0.25, 0.3) is 0 Å². The summed E-state index contributed by atoms with van der Waals surface area (Å²) in [6.45, 7) is 12.0. The number of methoxy groups -OCH3 is 1. The number of hydrogen-bond donors (Lipinski definition) is 1. The van der Waals surface area contributed by atoms with Crippen molar-refractivity contribution in [2.45, 2.75) is 40.0 Å². The maximum absolute atomic E-state index is 5.19. The molecule has 0 aliphatic carbocycles. The molecule has 0 radical (unpaired) electrons. The largest absolute Gasteiger partial charge is 0.383 e. The third-order valence-corrected chi connectivity index (χ3v) is 3.23. The summed E-state index contributed by atoms with van der Waals surface area (Å²) in [7, 11) is 1.73. The minimum Gasteiger partial charge on any atom is -0.383 e. The van der Waals surface area contributed by atoms with E-state index in [0.717, 1.165) is 37.7 Å². The first-order valence-electron chi connectivity index (χ1n) is 7.48. The van der Waals surface area contributed by atoms with Crippen LogP contribution in [0.4, 0.5) is 11.6 Å². The highest BCUT2D eigenvalue weighted by molar-refractivity contribution is 5.60. The molecule has 1 N–H and O–H groups in total. The number of ether oxygens (including phenoxy) is 1. The fourth-order valence-electron chi connectivity index (χ4n) is 2.17. The molecule has 1 rings (SSSR count). The number of aromatic nitrogens is 2. The summed E-state index contributed by atoms with van der Waals surface area (Å²) in [4.78, 5) is 11.2. The van der Waals surface area contributed by atoms with Crippen LogP contribution < -0.4 is 10.2 Å². The van der Waals surface area contributed by atoms with Gasteiger partial charge in [0.2, 0.25) is 0 Å². The van der Waals surface area contributed by atoms with Crippen molar-refractivity contribution in [3.05, 3.63) is 11.9 Å². The Bertz CT molecular complexity index is 395. The van der Waals surface area contributed by atoms with Crippen LogP contribution in [0.15, 0.2) is 6.33 Å². The standard InChI is InChI=1S/C15H28N4O/c1-6-8-16-14-13(12(3)4)15(18-11-17-14)19(7-2)9-10-20-5/h11-12H,6-10H2,1-5H3,(H,16,17,18). The van der Waals surface area contributed by atoms with E-state index >= 15 is 0 Å². The molecule has 20 heavy (non-hydrogen) atoms. The molecular formula is C15H28N4O. The molecule has 1 aromatic heterocycles. The van der Waals surface area contributed by atoms with Crippen molar-refractivity contribution in [2.75, 3.05) is 43.6 Å². The number of nitrogens with zero attached hydrogens (tertiary/aromatic N) is 3. The lowest BCUT2D eigenvalue weighted by Gasteiger charge is -2.26. The summed E-state index contributed by atoms with van der Waals surface area (Å²) >= 11 is 0. The Morgan fingerprint density at radius 3 is 2.60 bits per heavy atom. The molecule has 0 aliphatic heterocycles. The van der Waals surface area contributed by atoms with Crippen LogP contribution >= 0.6 is 0 Å². The predicted molar refractivity (Wildman–Crippen MR) is 84.7 cm³/mol. The molecule has 0 amide bonds. The monoisotopic (exact) mass is 280 g/mol. The van der Waals surface area contributed by atoms with E-state index in [1.807, 2.05) is 0 Å². The lowest BCUT2D eigenvalue weighted by molar-refractivity contribution is 0.205. The first kappa shape index (κ1) is 16.7. The molecule has 1 aromatic rings. The van der Waals surface area contributed by atoms with Crippen molar-refractivity contribution < 1.29 is 4.74 Å². The van der Waals surface area contributed by atoms with Crippen LogP contribution in [-0.4, -0.2) is 43.3 Å². The summed E-state index contributed by atoms with van der Waals surface area (Å²) in [5.41, 5.74) is 1.19. The van der Waals surface area contributed by atoms with Gasteiger partial charge in [-0.05, 0) is 19.3 Å². The van der Waals surface area contributed by atoms with Crippen LogP contribution in [0.25, 0.3) is 0 Å². The van der Waals surface area contributed by atoms with Crippen molar-refractivity contribution in [1.82, 2.24) is 9.97 Å². The van der Waals surface area contributed by atoms with Gasteiger partial charge in [-0.15, -0.1) is 0 Å². The zero-order chi connectivity index (χ0) is 15.0. The van der Waals surface area contributed by atoms with Gasteiger partial charge in [0, 0.05) is 32.3 Å². The average molecular weight is 280 g/mol. The summed E-state index contributed by atoms with van der Waals surface area (Å²) in [6, 6.07) is 0. The minimum atomic E-state index is 0.377. The Morgan fingerprint density at radius 1 is 1.30 bits per heavy atom. The molecule has 5 nitrogen and oxygen atoms in total. The van der Waals surface area contributed by atoms with Crippen molar-refractivity contribution in [3.63, 3.8) is 0 Å². The maximum Gasteiger partial charge on any atom is 0.137 e. The van der Waals surface area contributed by atoms with E-state index in [1.165, 1.54) is 5.56 Å². The first-order chi connectivity index (χ1) is 9.65. The lowest BCUT2D eigenvalue weighted by Crippen LogP contribution is -2.29. The molecule has 0 bridgehead atoms. The van der Waals surface area contributed by atoms with E-state index in [1.54, 1.807) is 13.4 Å². The SMILES string of the molecule is CCCNc1ncnc(N(CC)CCOC)c1C(C)C. The number of rotatable bonds is 9. The maximum atomic E-state index is 5.19. The average Bonchev–Trinajstić information content (AvgIpc) is 2.45. The first-order valence-corrected chi connectivity index (χ1v) is 7.48. The van der Waals surface area contributed by atoms with E-state index in [4.69, 9.17) is 4.74 Å². The van der Waals surface area contributed by atoms with Crippen molar-refractivity contribution in [3.8, 4) is 0 Å². The molecule has 0 atom stereocenters. The van der Waals surface area contributed by atoms with Gasteiger partial charge in [0.05, 0.1) is 6.61 Å². The lowest BCUT2D eigenvalue weighted by atomic mass is 10.0. The van der Waals surface area contributed by atoms with Crippen LogP contribution in [0.1, 0.15) is 45.6 Å². The van der Waals surface area contributed by atoms with Gasteiger partial charge in [-0.25, -0.2) is 9.97 Å². The molecule has 0 saturated carbocycles. The molecule has 0 unspecified atom stereocenters. The zero-order valence-corrected chi connectivity index (χ0v) is 13.4. The molecular weight excluding hydrogens is 252 g/mol. The number of likely N-dealkylation sites (N-methyl/N-ethyl adjacent to an activating group) is 1. The molecule has 0 aromatic carbocycles. The van der Waals surface area contributed by atoms with E-state index in [-0.39, 0.29) is 0 Å². The molecule has 114 valence electrons. The molecule has 1 heterocycles. The summed E-state index contributed by atoms with van der Waals surface area (Å²) in [5, 5.41) is 3.41. The highest BCUT2D eigenvalue weighted by Gasteiger charge is 2.18. The third-order valence-electron chi connectivity index (χ3n) is 3.23. The minimum absolute atomic E-state index is 0.377. The summed E-state index contributed by atoms with van der Waals surface area (Å²) in [6.07, 6.45) is 2.73. The Kier molecular flexibility index (Phi) is 7.30. The second kappa shape index (κ2) is 8.74. The van der Waals surface area contributed by atoms with E-state index < -0.39 is 0 Å². The smallest absolute Gasteiger partial charge is 0.137 e. The van der Waals surface area contributed by atoms with Gasteiger partial charge >= 0.3 is 0 Å². The Labute approximate surface area is 122 Å². The topological polar surface area (TPSA) is 50.3 Å². The molecule has 0 fully saturated rings. The van der Waals surface area contributed by atoms with Crippen LogP contribution in [0.5, 0.6) is 0 Å². The van der Waals surface area contributed by atoms with Crippen molar-refractivity contribution >= 4 is 11.6 Å². The second-order valence-corrected chi connectivity index (χ2v) is 5.11.